The lowest BCUT2D eigenvalue weighted by Gasteiger charge is -2.31. The molecule has 0 aromatic rings. The Labute approximate surface area is 90.6 Å². The van der Waals surface area contributed by atoms with Gasteiger partial charge in [-0.1, -0.05) is 31.5 Å². The van der Waals surface area contributed by atoms with Crippen LogP contribution in [0.25, 0.3) is 0 Å². The molecule has 1 amide bonds. The summed E-state index contributed by atoms with van der Waals surface area (Å²) in [6.45, 7) is 0. The molecule has 0 heterocycles. The number of nitrogens with zero attached hydrogens (tertiary/aromatic N) is 1. The van der Waals surface area contributed by atoms with Crippen LogP contribution in [0.1, 0.15) is 38.5 Å². The summed E-state index contributed by atoms with van der Waals surface area (Å²) < 4.78 is 0. The third-order valence-electron chi connectivity index (χ3n) is 2.84. The van der Waals surface area contributed by atoms with Crippen molar-refractivity contribution in [3.8, 4) is 0 Å². The quantitative estimate of drug-likeness (QED) is 0.723. The van der Waals surface area contributed by atoms with Gasteiger partial charge in [-0.05, 0) is 12.8 Å². The van der Waals surface area contributed by atoms with Crippen LogP contribution in [0.2, 0.25) is 0 Å². The van der Waals surface area contributed by atoms with Gasteiger partial charge in [0, 0.05) is 13.1 Å². The van der Waals surface area contributed by atoms with Crippen molar-refractivity contribution in [2.24, 2.45) is 5.73 Å². The van der Waals surface area contributed by atoms with Crippen LogP contribution in [-0.2, 0) is 4.79 Å². The Balaban J connectivity index is 2.41. The number of rotatable bonds is 3. The summed E-state index contributed by atoms with van der Waals surface area (Å²) >= 11 is 4.72. The van der Waals surface area contributed by atoms with Gasteiger partial charge in [0.05, 0.1) is 11.4 Å². The SMILES string of the molecule is CN(C(=O)CC(N)=S)C1CCCCC1. The lowest BCUT2D eigenvalue weighted by Crippen LogP contribution is -2.39. The molecule has 1 aliphatic carbocycles. The van der Waals surface area contributed by atoms with Crippen molar-refractivity contribution in [1.29, 1.82) is 0 Å². The molecule has 1 rings (SSSR count). The number of carbonyl (C=O) groups is 1. The summed E-state index contributed by atoms with van der Waals surface area (Å²) in [6.07, 6.45) is 6.22. The van der Waals surface area contributed by atoms with E-state index in [2.05, 4.69) is 0 Å². The van der Waals surface area contributed by atoms with E-state index in [-0.39, 0.29) is 17.3 Å². The Kier molecular flexibility index (Phi) is 4.32. The Bertz CT molecular complexity index is 224. The molecule has 1 fully saturated rings. The number of amides is 1. The van der Waals surface area contributed by atoms with Crippen LogP contribution in [-0.4, -0.2) is 28.9 Å². The van der Waals surface area contributed by atoms with Gasteiger partial charge in [-0.15, -0.1) is 0 Å². The Morgan fingerprint density at radius 2 is 2.00 bits per heavy atom. The van der Waals surface area contributed by atoms with Crippen LogP contribution < -0.4 is 5.73 Å². The van der Waals surface area contributed by atoms with Crippen molar-refractivity contribution < 1.29 is 4.79 Å². The van der Waals surface area contributed by atoms with Crippen molar-refractivity contribution in [3.63, 3.8) is 0 Å². The number of carbonyl (C=O) groups excluding carboxylic acids is 1. The predicted octanol–water partition coefficient (Wildman–Crippen LogP) is 1.45. The van der Waals surface area contributed by atoms with Crippen LogP contribution in [0, 0.1) is 0 Å². The molecule has 2 N–H and O–H groups in total. The van der Waals surface area contributed by atoms with Gasteiger partial charge < -0.3 is 10.6 Å². The van der Waals surface area contributed by atoms with Crippen molar-refractivity contribution in [2.75, 3.05) is 7.05 Å². The molecule has 0 unspecified atom stereocenters. The number of thiocarbonyl (C=S) groups is 1. The van der Waals surface area contributed by atoms with E-state index in [4.69, 9.17) is 18.0 Å². The minimum atomic E-state index is 0.0596. The molecule has 0 aromatic heterocycles. The second kappa shape index (κ2) is 5.29. The highest BCUT2D eigenvalue weighted by atomic mass is 32.1. The van der Waals surface area contributed by atoms with Gasteiger partial charge in [-0.3, -0.25) is 4.79 Å². The van der Waals surface area contributed by atoms with Gasteiger partial charge in [0.1, 0.15) is 0 Å². The first kappa shape index (κ1) is 11.4. The van der Waals surface area contributed by atoms with Gasteiger partial charge in [0.25, 0.3) is 0 Å². The summed E-state index contributed by atoms with van der Waals surface area (Å²) in [5.74, 6) is 0.0596. The van der Waals surface area contributed by atoms with Crippen molar-refractivity contribution >= 4 is 23.1 Å². The van der Waals surface area contributed by atoms with Gasteiger partial charge in [0.2, 0.25) is 5.91 Å². The molecule has 14 heavy (non-hydrogen) atoms. The summed E-state index contributed by atoms with van der Waals surface area (Å²) in [6, 6.07) is 0.408. The Morgan fingerprint density at radius 1 is 1.43 bits per heavy atom. The lowest BCUT2D eigenvalue weighted by atomic mass is 9.94. The van der Waals surface area contributed by atoms with Crippen LogP contribution in [0.4, 0.5) is 0 Å². The van der Waals surface area contributed by atoms with Crippen LogP contribution in [0.3, 0.4) is 0 Å². The van der Waals surface area contributed by atoms with Crippen molar-refractivity contribution in [1.82, 2.24) is 4.90 Å². The number of nitrogens with two attached hydrogens (primary N) is 1. The van der Waals surface area contributed by atoms with Gasteiger partial charge in [-0.25, -0.2) is 0 Å². The second-order valence-electron chi connectivity index (χ2n) is 3.94. The Hall–Kier alpha value is -0.640. The first-order valence-corrected chi connectivity index (χ1v) is 5.56. The van der Waals surface area contributed by atoms with E-state index in [1.807, 2.05) is 11.9 Å². The average Bonchev–Trinajstić information content (AvgIpc) is 2.17. The highest BCUT2D eigenvalue weighted by Gasteiger charge is 2.21. The molecule has 0 saturated heterocycles. The molecular weight excluding hydrogens is 196 g/mol. The molecule has 0 bridgehead atoms. The Morgan fingerprint density at radius 3 is 2.50 bits per heavy atom. The molecule has 0 aromatic carbocycles. The van der Waals surface area contributed by atoms with E-state index in [9.17, 15) is 4.79 Å². The average molecular weight is 214 g/mol. The second-order valence-corrected chi connectivity index (χ2v) is 4.46. The zero-order valence-corrected chi connectivity index (χ0v) is 9.48. The topological polar surface area (TPSA) is 46.3 Å². The van der Waals surface area contributed by atoms with E-state index in [0.717, 1.165) is 12.8 Å². The minimum Gasteiger partial charge on any atom is -0.393 e. The first-order chi connectivity index (χ1) is 6.61. The fraction of sp³-hybridized carbons (Fsp3) is 0.800. The standard InChI is InChI=1S/C10H18N2OS/c1-12(10(13)7-9(11)14)8-5-3-2-4-6-8/h8H,2-7H2,1H3,(H2,11,14). The van der Waals surface area contributed by atoms with Crippen LogP contribution in [0.15, 0.2) is 0 Å². The molecule has 0 aliphatic heterocycles. The van der Waals surface area contributed by atoms with Crippen LogP contribution >= 0.6 is 12.2 Å². The van der Waals surface area contributed by atoms with E-state index in [1.165, 1.54) is 19.3 Å². The van der Waals surface area contributed by atoms with Crippen LogP contribution in [0.5, 0.6) is 0 Å². The summed E-state index contributed by atoms with van der Waals surface area (Å²) in [4.78, 5) is 13.7. The highest BCUT2D eigenvalue weighted by Crippen LogP contribution is 2.21. The molecule has 1 aliphatic rings. The molecule has 1 saturated carbocycles. The summed E-state index contributed by atoms with van der Waals surface area (Å²) in [5.41, 5.74) is 5.34. The molecule has 80 valence electrons. The van der Waals surface area contributed by atoms with Gasteiger partial charge in [-0.2, -0.15) is 0 Å². The lowest BCUT2D eigenvalue weighted by molar-refractivity contribution is -0.131. The van der Waals surface area contributed by atoms with Gasteiger partial charge >= 0.3 is 0 Å². The molecule has 4 heteroatoms. The maximum atomic E-state index is 11.6. The van der Waals surface area contributed by atoms with E-state index in [0.29, 0.717) is 6.04 Å². The summed E-state index contributed by atoms with van der Waals surface area (Å²) in [7, 11) is 1.86. The van der Waals surface area contributed by atoms with E-state index >= 15 is 0 Å². The van der Waals surface area contributed by atoms with E-state index < -0.39 is 0 Å². The van der Waals surface area contributed by atoms with Crippen molar-refractivity contribution in [2.45, 2.75) is 44.6 Å². The molecule has 0 radical (unpaired) electrons. The largest absolute Gasteiger partial charge is 0.393 e. The zero-order chi connectivity index (χ0) is 10.6. The third-order valence-corrected chi connectivity index (χ3v) is 2.99. The predicted molar refractivity (Wildman–Crippen MR) is 61.0 cm³/mol. The molecule has 3 nitrogen and oxygen atoms in total. The molecular formula is C10H18N2OS. The fourth-order valence-corrected chi connectivity index (χ4v) is 2.07. The third kappa shape index (κ3) is 3.25. The molecule has 0 spiro atoms. The molecule has 0 atom stereocenters. The normalized spacial score (nSPS) is 17.8. The van der Waals surface area contributed by atoms with E-state index in [1.54, 1.807) is 0 Å². The zero-order valence-electron chi connectivity index (χ0n) is 8.66. The summed E-state index contributed by atoms with van der Waals surface area (Å²) in [5, 5.41) is 0. The maximum Gasteiger partial charge on any atom is 0.229 e. The number of hydrogen-bond donors (Lipinski definition) is 1. The number of hydrogen-bond acceptors (Lipinski definition) is 2. The fourth-order valence-electron chi connectivity index (χ4n) is 1.95. The van der Waals surface area contributed by atoms with Gasteiger partial charge in [0.15, 0.2) is 0 Å². The monoisotopic (exact) mass is 214 g/mol. The maximum absolute atomic E-state index is 11.6. The van der Waals surface area contributed by atoms with Crippen molar-refractivity contribution in [3.05, 3.63) is 0 Å². The first-order valence-electron chi connectivity index (χ1n) is 5.15. The highest BCUT2D eigenvalue weighted by molar-refractivity contribution is 7.80. The smallest absolute Gasteiger partial charge is 0.229 e. The minimum absolute atomic E-state index is 0.0596.